The van der Waals surface area contributed by atoms with E-state index in [-0.39, 0.29) is 41.4 Å². The van der Waals surface area contributed by atoms with Crippen LogP contribution >= 0.6 is 9.24 Å². The first kappa shape index (κ1) is 61.0. The average Bonchev–Trinajstić information content (AvgIpc) is 2.65. The van der Waals surface area contributed by atoms with Gasteiger partial charge in [-0.3, -0.25) is 4.79 Å². The number of carbonyl (C=O) groups is 1. The van der Waals surface area contributed by atoms with Crippen LogP contribution in [0.3, 0.4) is 0 Å². The van der Waals surface area contributed by atoms with Crippen molar-refractivity contribution in [2.45, 2.75) is 249 Å². The molecule has 4 aromatic rings. The molecule has 0 amide bonds. The first-order chi connectivity index (χ1) is 39.6. The van der Waals surface area contributed by atoms with Crippen LogP contribution in [0.15, 0.2) is 36.9 Å². The largest absolute Gasteiger partial charge is 0.495 e. The molecule has 2 aliphatic heterocycles. The van der Waals surface area contributed by atoms with Crippen molar-refractivity contribution >= 4 is 53.6 Å². The molecule has 8 aliphatic carbocycles. The standard InChI is InChI=1S/C33H52N2O4Si.C33H50N2O4Si.CH5P/c2*1-20(2)40(21(3)4,22(5)6)35-12-11-26-30(27(37-7)19-34-32(26)35)31(36)29-24-14-23-15-25(29)18-33(16-23,17-24)39-28-10-8-9-13-38-28;1-2/h11-12,19-25,28-29,31,36H,8-10,13-18H2,1-7H3;11-12,19-25,28-29H,8-10,13-18H2,1-7H3;2H2,1H3/i;;1D. The van der Waals surface area contributed by atoms with Gasteiger partial charge in [0.1, 0.15) is 22.8 Å². The third-order valence-electron chi connectivity index (χ3n) is 23.0. The summed E-state index contributed by atoms with van der Waals surface area (Å²) in [6.07, 6.45) is 25.3. The second-order valence-electron chi connectivity index (χ2n) is 29.0. The summed E-state index contributed by atoms with van der Waals surface area (Å²) < 4.78 is 48.6. The van der Waals surface area contributed by atoms with Gasteiger partial charge < -0.3 is 42.0 Å². The third kappa shape index (κ3) is 10.7. The minimum Gasteiger partial charge on any atom is -0.495 e. The van der Waals surface area contributed by atoms with Crippen molar-refractivity contribution in [2.24, 2.45) is 47.3 Å². The highest BCUT2D eigenvalue weighted by Crippen LogP contribution is 2.64. The topological polar surface area (TPSA) is 128 Å². The van der Waals surface area contributed by atoms with Gasteiger partial charge in [0.2, 0.25) is 0 Å². The Hall–Kier alpha value is -2.69. The van der Waals surface area contributed by atoms with E-state index in [0.717, 1.165) is 123 Å². The van der Waals surface area contributed by atoms with Gasteiger partial charge in [-0.05, 0) is 202 Å². The molecule has 14 rings (SSSR count). The van der Waals surface area contributed by atoms with E-state index in [1.54, 1.807) is 14.2 Å². The summed E-state index contributed by atoms with van der Waals surface area (Å²) >= 11 is 0. The Bertz CT molecular complexity index is 2790. The van der Waals surface area contributed by atoms with Gasteiger partial charge >= 0.3 is 0 Å². The molecule has 2 saturated heterocycles. The van der Waals surface area contributed by atoms with Crippen LogP contribution in [-0.2, 0) is 18.9 Å². The lowest BCUT2D eigenvalue weighted by Crippen LogP contribution is -2.58. The Morgan fingerprint density at radius 1 is 0.634 bits per heavy atom. The second kappa shape index (κ2) is 24.8. The first-order valence-corrected chi connectivity index (χ1v) is 37.7. The smallest absolute Gasteiger partial charge is 0.171 e. The van der Waals surface area contributed by atoms with Crippen molar-refractivity contribution in [3.8, 4) is 11.5 Å². The maximum absolute atomic E-state index is 14.7. The number of aliphatic hydroxyl groups is 1. The molecule has 10 fully saturated rings. The van der Waals surface area contributed by atoms with E-state index in [0.29, 0.717) is 81.1 Å². The summed E-state index contributed by atoms with van der Waals surface area (Å²) in [6.45, 7) is 30.6. The predicted octanol–water partition coefficient (Wildman–Crippen LogP) is 16.3. The van der Waals surface area contributed by atoms with Crippen LogP contribution in [0.4, 0.5) is 0 Å². The summed E-state index contributed by atoms with van der Waals surface area (Å²) in [5.74, 6) is 4.92. The van der Waals surface area contributed by atoms with Crippen LogP contribution in [0.1, 0.15) is 209 Å². The molecule has 8 saturated carbocycles. The van der Waals surface area contributed by atoms with Crippen molar-refractivity contribution < 1.29 is 39.7 Å². The fourth-order valence-corrected chi connectivity index (χ4v) is 34.1. The minimum atomic E-state index is -2.02. The number of carbonyl (C=O) groups excluding carboxylic acids is 1. The molecule has 1 N–H and O–H groups in total. The van der Waals surface area contributed by atoms with Gasteiger partial charge in [0, 0.05) is 36.8 Å². The highest BCUT2D eigenvalue weighted by molar-refractivity contribution is 7.15. The number of rotatable bonds is 18. The Morgan fingerprint density at radius 3 is 1.45 bits per heavy atom. The fourth-order valence-electron chi connectivity index (χ4n) is 21.0. The maximum atomic E-state index is 14.7. The number of nitrogens with zero attached hydrogens (tertiary/aromatic N) is 4. The molecule has 0 aromatic carbocycles. The Morgan fingerprint density at radius 2 is 1.04 bits per heavy atom. The Labute approximate surface area is 499 Å². The zero-order chi connectivity index (χ0) is 59.5. The third-order valence-corrected chi connectivity index (χ3v) is 36.5. The first-order valence-electron chi connectivity index (χ1n) is 33.2. The molecule has 0 spiro atoms. The number of fused-ring (bicyclic) bond motifs is 2. The van der Waals surface area contributed by atoms with Gasteiger partial charge in [0.05, 0.1) is 49.5 Å². The summed E-state index contributed by atoms with van der Waals surface area (Å²) in [4.78, 5) is 24.7. The number of pyridine rings is 2. The molecule has 12 nitrogen and oxygen atoms in total. The van der Waals surface area contributed by atoms with Crippen molar-refractivity contribution in [3.05, 3.63) is 48.0 Å². The van der Waals surface area contributed by atoms with Crippen LogP contribution < -0.4 is 9.47 Å². The van der Waals surface area contributed by atoms with Crippen molar-refractivity contribution in [1.82, 2.24) is 18.4 Å². The molecule has 456 valence electrons. The van der Waals surface area contributed by atoms with E-state index < -0.39 is 22.6 Å². The average molecular weight is 1180 g/mol. The van der Waals surface area contributed by atoms with Crippen molar-refractivity contribution in [2.75, 3.05) is 34.1 Å². The van der Waals surface area contributed by atoms with Crippen molar-refractivity contribution in [3.63, 3.8) is 0 Å². The number of Topliss-reactive ketones (excluding diaryl/α,β-unsaturated/α-hetero) is 1. The molecule has 6 heterocycles. The maximum Gasteiger partial charge on any atom is 0.171 e. The monoisotopic (exact) mass is 1180 g/mol. The normalized spacial score (nSPS) is 32.0. The molecule has 8 bridgehead atoms. The van der Waals surface area contributed by atoms with E-state index in [9.17, 15) is 9.90 Å². The number of ketones is 1. The molecular weight excluding hydrogens is 1080 g/mol. The number of methoxy groups -OCH3 is 2. The van der Waals surface area contributed by atoms with Gasteiger partial charge in [-0.2, -0.15) is 0 Å². The molecule has 8 atom stereocenters. The summed E-state index contributed by atoms with van der Waals surface area (Å²) in [7, 11) is 1.62. The van der Waals surface area contributed by atoms with Gasteiger partial charge in [-0.25, -0.2) is 9.97 Å². The highest BCUT2D eigenvalue weighted by atomic mass is 31.0. The minimum absolute atomic E-state index is 0.0331. The van der Waals surface area contributed by atoms with Gasteiger partial charge in [-0.1, -0.05) is 89.7 Å². The van der Waals surface area contributed by atoms with Crippen LogP contribution in [0.25, 0.3) is 22.1 Å². The highest BCUT2D eigenvalue weighted by Gasteiger charge is 2.61. The predicted molar refractivity (Wildman–Crippen MR) is 339 cm³/mol. The molecule has 15 heteroatoms. The number of aromatic nitrogens is 4. The summed E-state index contributed by atoms with van der Waals surface area (Å²) in [5, 5.41) is 14.4. The van der Waals surface area contributed by atoms with Gasteiger partial charge in [0.25, 0.3) is 0 Å². The van der Waals surface area contributed by atoms with E-state index in [1.165, 1.54) is 32.1 Å². The van der Waals surface area contributed by atoms with Crippen molar-refractivity contribution in [1.29, 1.82) is 0 Å². The van der Waals surface area contributed by atoms with Crippen LogP contribution in [0.5, 0.6) is 11.5 Å². The molecule has 82 heavy (non-hydrogen) atoms. The molecule has 0 radical (unpaired) electrons. The molecular formula is C67H107N4O8PSi2. The lowest BCUT2D eigenvalue weighted by molar-refractivity contribution is -0.277. The van der Waals surface area contributed by atoms with Crippen LogP contribution in [0.2, 0.25) is 33.2 Å². The van der Waals surface area contributed by atoms with E-state index in [2.05, 4.69) is 125 Å². The molecule has 4 aromatic heterocycles. The molecule has 10 aliphatic rings. The fraction of sp³-hybridized carbons (Fsp3) is 0.776. The number of hydrogen-bond acceptors (Lipinski definition) is 10. The quantitative estimate of drug-likeness (QED) is 0.0584. The van der Waals surface area contributed by atoms with Gasteiger partial charge in [-0.15, -0.1) is 9.24 Å². The lowest BCUT2D eigenvalue weighted by atomic mass is 9.48. The van der Waals surface area contributed by atoms with Crippen LogP contribution in [-0.4, -0.2) is 104 Å². The van der Waals surface area contributed by atoms with Crippen LogP contribution in [0, 0.1) is 47.3 Å². The van der Waals surface area contributed by atoms with E-state index in [1.807, 2.05) is 12.4 Å². The zero-order valence-corrected chi connectivity index (χ0v) is 56.0. The van der Waals surface area contributed by atoms with E-state index >= 15 is 0 Å². The van der Waals surface area contributed by atoms with E-state index in [4.69, 9.17) is 39.8 Å². The summed E-state index contributed by atoms with van der Waals surface area (Å²) in [6, 6.07) is 4.38. The summed E-state index contributed by atoms with van der Waals surface area (Å²) in [5.41, 5.74) is 6.85. The zero-order valence-electron chi connectivity index (χ0n) is 53.9. The Kier molecular flexibility index (Phi) is 18.5. The number of hydrogen-bond donors (Lipinski definition) is 1. The number of ether oxygens (including phenoxy) is 6. The van der Waals surface area contributed by atoms with Gasteiger partial charge in [0.15, 0.2) is 34.8 Å². The Balaban J connectivity index is 0.000000177. The SMILES string of the molecule is COc1cnc2c(ccn2[Si](C(C)C)(C(C)C)C(C)C)c1C(=O)C1C2CC3CC1CC(OC1CCCCO1)(C3)C2.COc1cnc2c(ccn2[Si](C(C)C)(C(C)C)C(C)C)c1C(O)C1C2CC3CC1CC(OC1CCCCO1)(C3)C2.[2H]CP. The number of aliphatic hydroxyl groups excluding tert-OH is 1. The molecule has 8 unspecified atom stereocenters. The second-order valence-corrected chi connectivity index (χ2v) is 40.5. The lowest BCUT2D eigenvalue weighted by Gasteiger charge is -2.61.